The van der Waals surface area contributed by atoms with Crippen molar-refractivity contribution in [2.24, 2.45) is 0 Å². The number of hydrogen-bond acceptors (Lipinski definition) is 3. The van der Waals surface area contributed by atoms with Gasteiger partial charge in [0.05, 0.1) is 17.9 Å². The first-order chi connectivity index (χ1) is 8.06. The molecule has 4 nitrogen and oxygen atoms in total. The number of nitrogens with one attached hydrogen (secondary N) is 1. The Morgan fingerprint density at radius 1 is 1.47 bits per heavy atom. The van der Waals surface area contributed by atoms with Crippen LogP contribution in [-0.2, 0) is 4.79 Å². The van der Waals surface area contributed by atoms with E-state index >= 15 is 0 Å². The highest BCUT2D eigenvalue weighted by Crippen LogP contribution is 2.24. The molecule has 4 heteroatoms. The van der Waals surface area contributed by atoms with Crippen molar-refractivity contribution in [1.29, 1.82) is 0 Å². The van der Waals surface area contributed by atoms with Crippen LogP contribution in [0.3, 0.4) is 0 Å². The minimum absolute atomic E-state index is 0.0234. The highest BCUT2D eigenvalue weighted by atomic mass is 16.2. The van der Waals surface area contributed by atoms with Gasteiger partial charge in [-0.05, 0) is 25.0 Å². The molecular weight excluding hydrogens is 214 g/mol. The predicted molar refractivity (Wildman–Crippen MR) is 72.2 cm³/mol. The third-order valence-corrected chi connectivity index (χ3v) is 2.67. The minimum Gasteiger partial charge on any atom is -0.397 e. The van der Waals surface area contributed by atoms with Crippen molar-refractivity contribution < 1.29 is 4.79 Å². The van der Waals surface area contributed by atoms with E-state index in [-0.39, 0.29) is 5.91 Å². The molecule has 1 aromatic carbocycles. The molecule has 0 fully saturated rings. The second-order valence-corrected chi connectivity index (χ2v) is 4.21. The number of aryl methyl sites for hydroxylation is 1. The summed E-state index contributed by atoms with van der Waals surface area (Å²) in [4.78, 5) is 13.5. The van der Waals surface area contributed by atoms with Crippen LogP contribution >= 0.6 is 0 Å². The molecule has 0 radical (unpaired) electrons. The third-order valence-electron chi connectivity index (χ3n) is 2.67. The van der Waals surface area contributed by atoms with Crippen LogP contribution in [0.4, 0.5) is 11.4 Å². The van der Waals surface area contributed by atoms with Crippen molar-refractivity contribution in [3.05, 3.63) is 23.8 Å². The van der Waals surface area contributed by atoms with Crippen LogP contribution in [-0.4, -0.2) is 26.0 Å². The Hall–Kier alpha value is -1.71. The number of rotatable bonds is 5. The van der Waals surface area contributed by atoms with Crippen molar-refractivity contribution in [3.63, 3.8) is 0 Å². The lowest BCUT2D eigenvalue weighted by atomic mass is 10.1. The van der Waals surface area contributed by atoms with Gasteiger partial charge in [0.15, 0.2) is 0 Å². The fraction of sp³-hybridized carbons (Fsp3) is 0.462. The summed E-state index contributed by atoms with van der Waals surface area (Å²) in [6, 6.07) is 5.83. The maximum atomic E-state index is 11.6. The highest BCUT2D eigenvalue weighted by Gasteiger charge is 2.10. The van der Waals surface area contributed by atoms with Gasteiger partial charge in [0.2, 0.25) is 5.91 Å². The zero-order chi connectivity index (χ0) is 12.8. The number of carbonyl (C=O) groups is 1. The molecule has 1 amide bonds. The lowest BCUT2D eigenvalue weighted by Gasteiger charge is -2.21. The van der Waals surface area contributed by atoms with Gasteiger partial charge in [-0.1, -0.05) is 19.1 Å². The first-order valence-corrected chi connectivity index (χ1v) is 5.89. The second kappa shape index (κ2) is 6.13. The van der Waals surface area contributed by atoms with Crippen LogP contribution in [0.5, 0.6) is 0 Å². The number of hydrogen-bond donors (Lipinski definition) is 2. The summed E-state index contributed by atoms with van der Waals surface area (Å²) >= 11 is 0. The molecule has 0 saturated heterocycles. The number of carbonyl (C=O) groups excluding carboxylic acids is 1. The zero-order valence-corrected chi connectivity index (χ0v) is 10.8. The Kier molecular flexibility index (Phi) is 4.82. The van der Waals surface area contributed by atoms with E-state index in [1.165, 1.54) is 0 Å². The number of nitrogen functional groups attached to an aromatic ring is 1. The summed E-state index contributed by atoms with van der Waals surface area (Å²) in [7, 11) is 1.87. The molecular formula is C13H21N3O. The average Bonchev–Trinajstić information content (AvgIpc) is 2.29. The monoisotopic (exact) mass is 235 g/mol. The largest absolute Gasteiger partial charge is 0.397 e. The normalized spacial score (nSPS) is 10.1. The van der Waals surface area contributed by atoms with Crippen molar-refractivity contribution in [2.75, 3.05) is 30.8 Å². The van der Waals surface area contributed by atoms with Crippen molar-refractivity contribution in [1.82, 2.24) is 5.32 Å². The maximum absolute atomic E-state index is 11.6. The summed E-state index contributed by atoms with van der Waals surface area (Å²) in [5.41, 5.74) is 8.65. The topological polar surface area (TPSA) is 58.4 Å². The van der Waals surface area contributed by atoms with E-state index in [2.05, 4.69) is 5.32 Å². The summed E-state index contributed by atoms with van der Waals surface area (Å²) in [5.74, 6) is 0.0234. The second-order valence-electron chi connectivity index (χ2n) is 4.21. The Morgan fingerprint density at radius 2 is 2.18 bits per heavy atom. The summed E-state index contributed by atoms with van der Waals surface area (Å²) in [5, 5.41) is 2.85. The van der Waals surface area contributed by atoms with Gasteiger partial charge in [-0.25, -0.2) is 0 Å². The Morgan fingerprint density at radius 3 is 2.82 bits per heavy atom. The van der Waals surface area contributed by atoms with Crippen LogP contribution in [0.2, 0.25) is 0 Å². The van der Waals surface area contributed by atoms with Gasteiger partial charge in [0.1, 0.15) is 0 Å². The number of nitrogens with two attached hydrogens (primary N) is 1. The molecule has 0 saturated carbocycles. The number of likely N-dealkylation sites (N-methyl/N-ethyl adjacent to an activating group) is 1. The van der Waals surface area contributed by atoms with Crippen molar-refractivity contribution in [2.45, 2.75) is 20.3 Å². The smallest absolute Gasteiger partial charge is 0.239 e. The van der Waals surface area contributed by atoms with E-state index in [0.29, 0.717) is 6.54 Å². The zero-order valence-electron chi connectivity index (χ0n) is 10.8. The van der Waals surface area contributed by atoms with Crippen LogP contribution in [0.25, 0.3) is 0 Å². The number of amides is 1. The fourth-order valence-corrected chi connectivity index (χ4v) is 1.62. The predicted octanol–water partition coefficient (Wildman–Crippen LogP) is 1.54. The molecule has 0 aliphatic rings. The summed E-state index contributed by atoms with van der Waals surface area (Å²) in [6.45, 7) is 5.04. The molecule has 0 heterocycles. The highest BCUT2D eigenvalue weighted by molar-refractivity contribution is 5.83. The van der Waals surface area contributed by atoms with Crippen LogP contribution in [0.1, 0.15) is 18.9 Å². The average molecular weight is 235 g/mol. The fourth-order valence-electron chi connectivity index (χ4n) is 1.62. The molecule has 1 rings (SSSR count). The summed E-state index contributed by atoms with van der Waals surface area (Å²) < 4.78 is 0. The van der Waals surface area contributed by atoms with Crippen molar-refractivity contribution >= 4 is 17.3 Å². The quantitative estimate of drug-likeness (QED) is 0.761. The SMILES string of the molecule is CCCNC(=O)CN(C)c1cccc(C)c1N. The molecule has 0 bridgehead atoms. The minimum atomic E-state index is 0.0234. The number of nitrogens with zero attached hydrogens (tertiary/aromatic N) is 1. The van der Waals surface area contributed by atoms with Gasteiger partial charge >= 0.3 is 0 Å². The first-order valence-electron chi connectivity index (χ1n) is 5.89. The van der Waals surface area contributed by atoms with Crippen LogP contribution in [0, 0.1) is 6.92 Å². The number of benzene rings is 1. The van der Waals surface area contributed by atoms with Gasteiger partial charge in [-0.15, -0.1) is 0 Å². The van der Waals surface area contributed by atoms with E-state index in [1.54, 1.807) is 0 Å². The van der Waals surface area contributed by atoms with E-state index in [0.717, 1.165) is 29.9 Å². The maximum Gasteiger partial charge on any atom is 0.239 e. The van der Waals surface area contributed by atoms with Gasteiger partial charge in [0, 0.05) is 13.6 Å². The molecule has 94 valence electrons. The van der Waals surface area contributed by atoms with Crippen LogP contribution < -0.4 is 16.0 Å². The number of anilines is 2. The standard InChI is InChI=1S/C13H21N3O/c1-4-8-15-12(17)9-16(3)11-7-5-6-10(2)13(11)14/h5-7H,4,8-9,14H2,1-3H3,(H,15,17). The van der Waals surface area contributed by atoms with Crippen LogP contribution in [0.15, 0.2) is 18.2 Å². The molecule has 3 N–H and O–H groups in total. The Bertz CT molecular complexity index is 390. The molecule has 0 atom stereocenters. The Balaban J connectivity index is 2.66. The first kappa shape index (κ1) is 13.4. The van der Waals surface area contributed by atoms with E-state index in [4.69, 9.17) is 5.73 Å². The van der Waals surface area contributed by atoms with Gasteiger partial charge in [-0.2, -0.15) is 0 Å². The lowest BCUT2D eigenvalue weighted by Crippen LogP contribution is -2.35. The van der Waals surface area contributed by atoms with Gasteiger partial charge in [-0.3, -0.25) is 4.79 Å². The molecule has 1 aromatic rings. The molecule has 0 unspecified atom stereocenters. The lowest BCUT2D eigenvalue weighted by molar-refractivity contribution is -0.119. The molecule has 0 spiro atoms. The molecule has 0 aliphatic carbocycles. The molecule has 17 heavy (non-hydrogen) atoms. The van der Waals surface area contributed by atoms with Gasteiger partial charge in [0.25, 0.3) is 0 Å². The third kappa shape index (κ3) is 3.66. The molecule has 0 aliphatic heterocycles. The number of para-hydroxylation sites is 1. The van der Waals surface area contributed by atoms with E-state index in [9.17, 15) is 4.79 Å². The van der Waals surface area contributed by atoms with Gasteiger partial charge < -0.3 is 16.0 Å². The summed E-state index contributed by atoms with van der Waals surface area (Å²) in [6.07, 6.45) is 0.946. The van der Waals surface area contributed by atoms with Crippen molar-refractivity contribution in [3.8, 4) is 0 Å². The van der Waals surface area contributed by atoms with E-state index < -0.39 is 0 Å². The Labute approximate surface area is 103 Å². The molecule has 0 aromatic heterocycles. The van der Waals surface area contributed by atoms with E-state index in [1.807, 2.05) is 44.0 Å².